The van der Waals surface area contributed by atoms with E-state index in [0.29, 0.717) is 0 Å². The molecule has 21 heavy (non-hydrogen) atoms. The van der Waals surface area contributed by atoms with Gasteiger partial charge in [0.25, 0.3) is 0 Å². The molecule has 1 aromatic rings. The third kappa shape index (κ3) is 4.36. The highest BCUT2D eigenvalue weighted by Gasteiger charge is 2.25. The Morgan fingerprint density at radius 1 is 1.29 bits per heavy atom. The number of rotatable bonds is 5. The second-order valence-corrected chi connectivity index (χ2v) is 6.58. The summed E-state index contributed by atoms with van der Waals surface area (Å²) >= 11 is 11.4. The fraction of sp³-hybridized carbons (Fsp3) is 0.167. The van der Waals surface area contributed by atoms with Gasteiger partial charge in [-0.2, -0.15) is 0 Å². The number of carbonyl (C=O) groups is 2. The van der Waals surface area contributed by atoms with Crippen molar-refractivity contribution in [2.24, 2.45) is 0 Å². The van der Waals surface area contributed by atoms with Gasteiger partial charge in [-0.15, -0.1) is 6.42 Å². The monoisotopic (exact) mass is 349 g/mol. The van der Waals surface area contributed by atoms with Gasteiger partial charge in [0.1, 0.15) is 5.75 Å². The SMILES string of the molecule is C#CCNC(=O)CS(=O)(=O)c1cc(C(=O)O)c(Cl)cc1Cl. The highest BCUT2D eigenvalue weighted by atomic mass is 35.5. The Hall–Kier alpha value is -1.75. The summed E-state index contributed by atoms with van der Waals surface area (Å²) in [6.07, 6.45) is 4.93. The van der Waals surface area contributed by atoms with Crippen LogP contribution in [0.2, 0.25) is 10.0 Å². The number of carbonyl (C=O) groups excluding carboxylic acids is 1. The van der Waals surface area contributed by atoms with E-state index >= 15 is 0 Å². The zero-order valence-electron chi connectivity index (χ0n) is 10.4. The van der Waals surface area contributed by atoms with Gasteiger partial charge in [-0.3, -0.25) is 4.79 Å². The van der Waals surface area contributed by atoms with Crippen molar-refractivity contribution in [1.29, 1.82) is 0 Å². The number of hydrogen-bond acceptors (Lipinski definition) is 4. The Labute approximate surface area is 131 Å². The number of hydrogen-bond donors (Lipinski definition) is 2. The fourth-order valence-corrected chi connectivity index (χ4v) is 3.46. The number of carboxylic acids is 1. The minimum atomic E-state index is -4.13. The molecule has 6 nitrogen and oxygen atoms in total. The number of aromatic carboxylic acids is 1. The summed E-state index contributed by atoms with van der Waals surface area (Å²) in [5.41, 5.74) is -0.427. The lowest BCUT2D eigenvalue weighted by Crippen LogP contribution is -2.30. The number of amides is 1. The lowest BCUT2D eigenvalue weighted by atomic mass is 10.2. The molecular weight excluding hydrogens is 341 g/mol. The summed E-state index contributed by atoms with van der Waals surface area (Å²) in [6.45, 7) is -0.122. The normalized spacial score (nSPS) is 10.7. The first kappa shape index (κ1) is 17.3. The van der Waals surface area contributed by atoms with Crippen molar-refractivity contribution >= 4 is 44.9 Å². The molecule has 1 aromatic carbocycles. The number of benzene rings is 1. The number of sulfone groups is 1. The predicted molar refractivity (Wildman–Crippen MR) is 77.3 cm³/mol. The maximum Gasteiger partial charge on any atom is 0.337 e. The molecule has 0 saturated heterocycles. The van der Waals surface area contributed by atoms with Crippen molar-refractivity contribution in [3.8, 4) is 12.3 Å². The van der Waals surface area contributed by atoms with E-state index in [-0.39, 0.29) is 16.6 Å². The van der Waals surface area contributed by atoms with Crippen LogP contribution in [0.5, 0.6) is 0 Å². The van der Waals surface area contributed by atoms with Crippen molar-refractivity contribution in [1.82, 2.24) is 5.32 Å². The molecular formula is C12H9Cl2NO5S. The van der Waals surface area contributed by atoms with Crippen LogP contribution >= 0.6 is 23.2 Å². The molecule has 1 amide bonds. The van der Waals surface area contributed by atoms with Crippen molar-refractivity contribution in [2.75, 3.05) is 12.3 Å². The van der Waals surface area contributed by atoms with Crippen molar-refractivity contribution in [3.63, 3.8) is 0 Å². The van der Waals surface area contributed by atoms with Gasteiger partial charge < -0.3 is 10.4 Å². The molecule has 0 aliphatic heterocycles. The van der Waals surface area contributed by atoms with Gasteiger partial charge in [0.15, 0.2) is 9.84 Å². The van der Waals surface area contributed by atoms with Crippen molar-refractivity contribution in [2.45, 2.75) is 4.90 Å². The van der Waals surface area contributed by atoms with Gasteiger partial charge in [-0.1, -0.05) is 29.1 Å². The number of carboxylic acid groups (broad SMARTS) is 1. The molecule has 2 N–H and O–H groups in total. The lowest BCUT2D eigenvalue weighted by molar-refractivity contribution is -0.118. The predicted octanol–water partition coefficient (Wildman–Crippen LogP) is 1.21. The number of halogens is 2. The third-order valence-electron chi connectivity index (χ3n) is 2.30. The van der Waals surface area contributed by atoms with Crippen LogP contribution in [-0.2, 0) is 14.6 Å². The maximum atomic E-state index is 12.1. The topological polar surface area (TPSA) is 101 Å². The van der Waals surface area contributed by atoms with Gasteiger partial charge in [0.05, 0.1) is 27.0 Å². The molecule has 0 saturated carbocycles. The largest absolute Gasteiger partial charge is 0.478 e. The summed E-state index contributed by atoms with van der Waals surface area (Å²) in [4.78, 5) is 21.9. The Bertz CT molecular complexity index is 737. The maximum absolute atomic E-state index is 12.1. The Kier molecular flexibility index (Phi) is 5.61. The molecule has 0 unspecified atom stereocenters. The quantitative estimate of drug-likeness (QED) is 0.778. The van der Waals surface area contributed by atoms with Crippen LogP contribution in [0.1, 0.15) is 10.4 Å². The van der Waals surface area contributed by atoms with E-state index in [1.807, 2.05) is 0 Å². The van der Waals surface area contributed by atoms with Crippen LogP contribution in [0.3, 0.4) is 0 Å². The molecule has 0 bridgehead atoms. The number of terminal acetylenes is 1. The van der Waals surface area contributed by atoms with E-state index in [2.05, 4.69) is 11.2 Å². The highest BCUT2D eigenvalue weighted by molar-refractivity contribution is 7.92. The highest BCUT2D eigenvalue weighted by Crippen LogP contribution is 2.29. The van der Waals surface area contributed by atoms with Gasteiger partial charge >= 0.3 is 5.97 Å². The molecule has 0 atom stereocenters. The van der Waals surface area contributed by atoms with Gasteiger partial charge in [-0.05, 0) is 12.1 Å². The molecule has 0 radical (unpaired) electrons. The van der Waals surface area contributed by atoms with E-state index in [9.17, 15) is 18.0 Å². The second kappa shape index (κ2) is 6.80. The number of nitrogens with one attached hydrogen (secondary N) is 1. The molecule has 0 aliphatic rings. The first-order valence-corrected chi connectivity index (χ1v) is 7.75. The zero-order valence-corrected chi connectivity index (χ0v) is 12.7. The molecule has 0 heterocycles. The van der Waals surface area contributed by atoms with Crippen LogP contribution in [0.15, 0.2) is 17.0 Å². The summed E-state index contributed by atoms with van der Waals surface area (Å²) < 4.78 is 24.2. The Morgan fingerprint density at radius 3 is 2.43 bits per heavy atom. The summed E-state index contributed by atoms with van der Waals surface area (Å²) in [6, 6.07) is 1.82. The van der Waals surface area contributed by atoms with Crippen LogP contribution in [-0.4, -0.2) is 37.7 Å². The first-order chi connectivity index (χ1) is 9.69. The second-order valence-electron chi connectivity index (χ2n) is 3.81. The van der Waals surface area contributed by atoms with E-state index in [4.69, 9.17) is 34.7 Å². The Morgan fingerprint density at radius 2 is 1.90 bits per heavy atom. The van der Waals surface area contributed by atoms with E-state index in [1.54, 1.807) is 0 Å². The first-order valence-electron chi connectivity index (χ1n) is 5.34. The van der Waals surface area contributed by atoms with Gasteiger partial charge in [0, 0.05) is 0 Å². The molecule has 112 valence electrons. The van der Waals surface area contributed by atoms with E-state index in [0.717, 1.165) is 12.1 Å². The smallest absolute Gasteiger partial charge is 0.337 e. The minimum absolute atomic E-state index is 0.122. The van der Waals surface area contributed by atoms with Crippen molar-refractivity contribution in [3.05, 3.63) is 27.7 Å². The van der Waals surface area contributed by atoms with Crippen LogP contribution in [0.25, 0.3) is 0 Å². The van der Waals surface area contributed by atoms with Crippen molar-refractivity contribution < 1.29 is 23.1 Å². The Balaban J connectivity index is 3.20. The molecule has 1 rings (SSSR count). The zero-order chi connectivity index (χ0) is 16.2. The molecule has 0 spiro atoms. The van der Waals surface area contributed by atoms with Gasteiger partial charge in [-0.25, -0.2) is 13.2 Å². The third-order valence-corrected chi connectivity index (χ3v) is 4.68. The lowest BCUT2D eigenvalue weighted by Gasteiger charge is -2.08. The van der Waals surface area contributed by atoms with Crippen LogP contribution < -0.4 is 5.32 Å². The fourth-order valence-electron chi connectivity index (χ4n) is 1.38. The average molecular weight is 350 g/mol. The minimum Gasteiger partial charge on any atom is -0.478 e. The molecule has 0 aliphatic carbocycles. The van der Waals surface area contributed by atoms with E-state index in [1.165, 1.54) is 0 Å². The summed E-state index contributed by atoms with van der Waals surface area (Å²) in [5.74, 6) is -1.02. The average Bonchev–Trinajstić information content (AvgIpc) is 2.34. The van der Waals surface area contributed by atoms with Crippen LogP contribution in [0.4, 0.5) is 0 Å². The summed E-state index contributed by atoms with van der Waals surface area (Å²) in [5, 5.41) is 10.6. The van der Waals surface area contributed by atoms with Gasteiger partial charge in [0.2, 0.25) is 5.91 Å². The molecule has 9 heteroatoms. The molecule has 0 fully saturated rings. The molecule has 0 aromatic heterocycles. The standard InChI is InChI=1S/C12H9Cl2NO5S/c1-2-3-15-11(16)6-21(19,20)10-4-7(12(17)18)8(13)5-9(10)14/h1,4-5H,3,6H2,(H,15,16)(H,17,18). The van der Waals surface area contributed by atoms with Crippen LogP contribution in [0, 0.1) is 12.3 Å². The van der Waals surface area contributed by atoms with E-state index < -0.39 is 37.9 Å². The summed E-state index contributed by atoms with van der Waals surface area (Å²) in [7, 11) is -4.13.